The van der Waals surface area contributed by atoms with Gasteiger partial charge in [0, 0.05) is 5.92 Å². The molecule has 0 spiro atoms. The van der Waals surface area contributed by atoms with Crippen LogP contribution in [0.15, 0.2) is 30.3 Å². The van der Waals surface area contributed by atoms with E-state index in [1.54, 1.807) is 0 Å². The molecule has 1 saturated carbocycles. The molecule has 0 aliphatic heterocycles. The van der Waals surface area contributed by atoms with Crippen molar-refractivity contribution >= 4 is 11.9 Å². The van der Waals surface area contributed by atoms with E-state index in [2.05, 4.69) is 5.32 Å². The lowest BCUT2D eigenvalue weighted by Gasteiger charge is -2.19. The molecule has 1 amide bonds. The Hall–Kier alpha value is -1.84. The smallest absolute Gasteiger partial charge is 0.333 e. The molecule has 102 valence electrons. The van der Waals surface area contributed by atoms with Crippen molar-refractivity contribution in [1.82, 2.24) is 5.32 Å². The first-order valence-corrected chi connectivity index (χ1v) is 6.65. The van der Waals surface area contributed by atoms with E-state index >= 15 is 0 Å². The van der Waals surface area contributed by atoms with Gasteiger partial charge in [0.25, 0.3) is 0 Å². The number of methoxy groups -OCH3 is 1. The molecule has 0 bridgehead atoms. The van der Waals surface area contributed by atoms with Crippen molar-refractivity contribution in [2.75, 3.05) is 7.11 Å². The maximum atomic E-state index is 12.1. The van der Waals surface area contributed by atoms with Gasteiger partial charge < -0.3 is 10.1 Å². The second-order valence-electron chi connectivity index (χ2n) is 4.86. The van der Waals surface area contributed by atoms with E-state index in [9.17, 15) is 9.59 Å². The molecule has 0 radical (unpaired) electrons. The summed E-state index contributed by atoms with van der Waals surface area (Å²) in [5, 5.41) is 2.81. The van der Waals surface area contributed by atoms with Gasteiger partial charge in [-0.3, -0.25) is 4.79 Å². The maximum absolute atomic E-state index is 12.1. The van der Waals surface area contributed by atoms with E-state index in [1.165, 1.54) is 7.11 Å². The summed E-state index contributed by atoms with van der Waals surface area (Å²) < 4.78 is 4.78. The first kappa shape index (κ1) is 13.6. The summed E-state index contributed by atoms with van der Waals surface area (Å²) in [7, 11) is 1.33. The minimum atomic E-state index is -0.709. The lowest BCUT2D eigenvalue weighted by atomic mass is 10.0. The molecule has 1 aliphatic carbocycles. The third-order valence-electron chi connectivity index (χ3n) is 3.58. The number of amides is 1. The van der Waals surface area contributed by atoms with Crippen molar-refractivity contribution < 1.29 is 14.3 Å². The Labute approximate surface area is 113 Å². The molecule has 19 heavy (non-hydrogen) atoms. The van der Waals surface area contributed by atoms with Crippen LogP contribution >= 0.6 is 0 Å². The molecule has 1 aromatic carbocycles. The molecule has 0 saturated heterocycles. The van der Waals surface area contributed by atoms with Crippen LogP contribution in [-0.4, -0.2) is 19.0 Å². The Balaban J connectivity index is 2.10. The molecule has 1 fully saturated rings. The quantitative estimate of drug-likeness (QED) is 0.845. The lowest BCUT2D eigenvalue weighted by molar-refractivity contribution is -0.145. The van der Waals surface area contributed by atoms with E-state index in [0.29, 0.717) is 0 Å². The van der Waals surface area contributed by atoms with Crippen molar-refractivity contribution in [2.45, 2.75) is 31.7 Å². The molecule has 0 heterocycles. The van der Waals surface area contributed by atoms with E-state index in [4.69, 9.17) is 4.74 Å². The van der Waals surface area contributed by atoms with Crippen LogP contribution in [0.25, 0.3) is 0 Å². The molecule has 1 atom stereocenters. The molecule has 2 rings (SSSR count). The van der Waals surface area contributed by atoms with Gasteiger partial charge >= 0.3 is 5.97 Å². The van der Waals surface area contributed by atoms with Crippen molar-refractivity contribution in [3.63, 3.8) is 0 Å². The number of ether oxygens (including phenoxy) is 1. The van der Waals surface area contributed by atoms with Gasteiger partial charge in [-0.1, -0.05) is 43.2 Å². The highest BCUT2D eigenvalue weighted by atomic mass is 16.5. The summed E-state index contributed by atoms with van der Waals surface area (Å²) in [6, 6.07) is 8.48. The molecule has 4 heteroatoms. The van der Waals surface area contributed by atoms with Gasteiger partial charge in [-0.2, -0.15) is 0 Å². The highest BCUT2D eigenvalue weighted by Crippen LogP contribution is 2.26. The first-order valence-electron chi connectivity index (χ1n) is 6.65. The summed E-state index contributed by atoms with van der Waals surface area (Å²) in [5.74, 6) is -0.440. The third kappa shape index (κ3) is 3.34. The standard InChI is InChI=1S/C15H19NO3/c1-19-15(18)13(11-7-3-2-4-8-11)16-14(17)12-9-5-6-10-12/h2-4,7-8,12-13H,5-6,9-10H2,1H3,(H,16,17). The van der Waals surface area contributed by atoms with Crippen molar-refractivity contribution in [3.05, 3.63) is 35.9 Å². The number of esters is 1. The zero-order valence-electron chi connectivity index (χ0n) is 11.1. The number of nitrogens with one attached hydrogen (secondary N) is 1. The SMILES string of the molecule is COC(=O)C(NC(=O)C1CCCC1)c1ccccc1. The minimum absolute atomic E-state index is 0.0378. The molecular weight excluding hydrogens is 242 g/mol. The number of carbonyl (C=O) groups is 2. The van der Waals surface area contributed by atoms with Crippen molar-refractivity contribution in [1.29, 1.82) is 0 Å². The second kappa shape index (κ2) is 6.36. The second-order valence-corrected chi connectivity index (χ2v) is 4.86. The summed E-state index contributed by atoms with van der Waals surface area (Å²) in [6.45, 7) is 0. The highest BCUT2D eigenvalue weighted by molar-refractivity contribution is 5.86. The highest BCUT2D eigenvalue weighted by Gasteiger charge is 2.28. The van der Waals surface area contributed by atoms with Gasteiger partial charge in [-0.15, -0.1) is 0 Å². The van der Waals surface area contributed by atoms with E-state index < -0.39 is 12.0 Å². The Morgan fingerprint density at radius 2 is 1.84 bits per heavy atom. The number of carbonyl (C=O) groups excluding carboxylic acids is 2. The third-order valence-corrected chi connectivity index (χ3v) is 3.58. The van der Waals surface area contributed by atoms with Crippen LogP contribution in [0.2, 0.25) is 0 Å². The van der Waals surface area contributed by atoms with Gasteiger partial charge in [0.05, 0.1) is 7.11 Å². The van der Waals surface area contributed by atoms with Gasteiger partial charge in [0.15, 0.2) is 6.04 Å². The minimum Gasteiger partial charge on any atom is -0.467 e. The molecule has 1 aromatic rings. The Kier molecular flexibility index (Phi) is 4.55. The number of hydrogen-bond donors (Lipinski definition) is 1. The van der Waals surface area contributed by atoms with Crippen LogP contribution in [0.4, 0.5) is 0 Å². The maximum Gasteiger partial charge on any atom is 0.333 e. The number of rotatable bonds is 4. The largest absolute Gasteiger partial charge is 0.467 e. The van der Waals surface area contributed by atoms with Gasteiger partial charge in [0.1, 0.15) is 0 Å². The van der Waals surface area contributed by atoms with Crippen molar-refractivity contribution in [3.8, 4) is 0 Å². The molecule has 0 aromatic heterocycles. The normalized spacial score (nSPS) is 16.9. The molecule has 4 nitrogen and oxygen atoms in total. The topological polar surface area (TPSA) is 55.4 Å². The van der Waals surface area contributed by atoms with Gasteiger partial charge in [-0.25, -0.2) is 4.79 Å². The number of hydrogen-bond acceptors (Lipinski definition) is 3. The Morgan fingerprint density at radius 1 is 1.21 bits per heavy atom. The summed E-state index contributed by atoms with van der Waals surface area (Å²) in [5.41, 5.74) is 0.751. The summed E-state index contributed by atoms with van der Waals surface area (Å²) in [4.78, 5) is 24.0. The van der Waals surface area contributed by atoms with Crippen LogP contribution < -0.4 is 5.32 Å². The van der Waals surface area contributed by atoms with E-state index in [1.807, 2.05) is 30.3 Å². The van der Waals surface area contributed by atoms with Crippen molar-refractivity contribution in [2.24, 2.45) is 5.92 Å². The monoisotopic (exact) mass is 261 g/mol. The predicted molar refractivity (Wildman–Crippen MR) is 71.3 cm³/mol. The average Bonchev–Trinajstić information content (AvgIpc) is 2.99. The Bertz CT molecular complexity index is 438. The van der Waals surface area contributed by atoms with Crippen LogP contribution in [0.1, 0.15) is 37.3 Å². The van der Waals surface area contributed by atoms with E-state index in [0.717, 1.165) is 31.2 Å². The molecular formula is C15H19NO3. The number of benzene rings is 1. The average molecular weight is 261 g/mol. The van der Waals surface area contributed by atoms with Gasteiger partial charge in [-0.05, 0) is 18.4 Å². The molecule has 1 unspecified atom stereocenters. The van der Waals surface area contributed by atoms with Crippen LogP contribution in [0, 0.1) is 5.92 Å². The lowest BCUT2D eigenvalue weighted by Crippen LogP contribution is -2.37. The fourth-order valence-electron chi connectivity index (χ4n) is 2.49. The molecule has 1 aliphatic rings. The van der Waals surface area contributed by atoms with Crippen LogP contribution in [0.3, 0.4) is 0 Å². The zero-order chi connectivity index (χ0) is 13.7. The Morgan fingerprint density at radius 3 is 2.42 bits per heavy atom. The fourth-order valence-corrected chi connectivity index (χ4v) is 2.49. The zero-order valence-corrected chi connectivity index (χ0v) is 11.1. The van der Waals surface area contributed by atoms with Crippen LogP contribution in [0.5, 0.6) is 0 Å². The van der Waals surface area contributed by atoms with Crippen LogP contribution in [-0.2, 0) is 14.3 Å². The van der Waals surface area contributed by atoms with E-state index in [-0.39, 0.29) is 11.8 Å². The molecule has 1 N–H and O–H groups in total. The fraction of sp³-hybridized carbons (Fsp3) is 0.467. The first-order chi connectivity index (χ1) is 9.22. The van der Waals surface area contributed by atoms with Gasteiger partial charge in [0.2, 0.25) is 5.91 Å². The summed E-state index contributed by atoms with van der Waals surface area (Å²) in [6.07, 6.45) is 4.00. The summed E-state index contributed by atoms with van der Waals surface area (Å²) >= 11 is 0. The predicted octanol–water partition coefficient (Wildman–Crippen LogP) is 2.21.